The summed E-state index contributed by atoms with van der Waals surface area (Å²) in [5, 5.41) is 2.77. The number of nitrogens with one attached hydrogen (secondary N) is 1. The monoisotopic (exact) mass is 228 g/mol. The second-order valence-corrected chi connectivity index (χ2v) is 3.58. The van der Waals surface area contributed by atoms with E-state index in [9.17, 15) is 4.79 Å². The lowest BCUT2D eigenvalue weighted by Crippen LogP contribution is -2.24. The fraction of sp³-hybridized carbons (Fsp3) is 0.167. The highest BCUT2D eigenvalue weighted by atomic mass is 16.1. The molecule has 2 aromatic rings. The quantitative estimate of drug-likeness (QED) is 0.854. The fourth-order valence-electron chi connectivity index (χ4n) is 1.36. The number of carbonyl (C=O) groups excluding carboxylic acids is 1. The van der Waals surface area contributed by atoms with Crippen LogP contribution in [-0.4, -0.2) is 20.9 Å². The van der Waals surface area contributed by atoms with Gasteiger partial charge in [0.25, 0.3) is 5.91 Å². The minimum absolute atomic E-state index is 0.235. The molecule has 2 heterocycles. The average Bonchev–Trinajstić information content (AvgIpc) is 2.38. The Labute approximate surface area is 99.0 Å². The molecule has 86 valence electrons. The predicted molar refractivity (Wildman–Crippen MR) is 62.2 cm³/mol. The molecule has 5 nitrogen and oxygen atoms in total. The van der Waals surface area contributed by atoms with Crippen molar-refractivity contribution in [2.75, 3.05) is 0 Å². The maximum atomic E-state index is 11.7. The Morgan fingerprint density at radius 3 is 2.76 bits per heavy atom. The first-order valence-corrected chi connectivity index (χ1v) is 5.21. The van der Waals surface area contributed by atoms with Gasteiger partial charge in [-0.25, -0.2) is 4.98 Å². The van der Waals surface area contributed by atoms with Gasteiger partial charge in [0.15, 0.2) is 0 Å². The molecule has 17 heavy (non-hydrogen) atoms. The third kappa shape index (κ3) is 2.84. The molecule has 0 saturated heterocycles. The Balaban J connectivity index is 2.00. The lowest BCUT2D eigenvalue weighted by atomic mass is 10.1. The molecule has 5 heteroatoms. The van der Waals surface area contributed by atoms with E-state index in [0.717, 1.165) is 11.1 Å². The molecular weight excluding hydrogens is 216 g/mol. The molecule has 0 saturated carbocycles. The summed E-state index contributed by atoms with van der Waals surface area (Å²) in [6, 6.07) is 1.91. The first-order valence-electron chi connectivity index (χ1n) is 5.21. The number of nitrogens with zero attached hydrogens (tertiary/aromatic N) is 3. The Morgan fingerprint density at radius 2 is 2.06 bits per heavy atom. The van der Waals surface area contributed by atoms with Crippen molar-refractivity contribution in [3.05, 3.63) is 53.9 Å². The van der Waals surface area contributed by atoms with E-state index >= 15 is 0 Å². The summed E-state index contributed by atoms with van der Waals surface area (Å²) in [5.41, 5.74) is 2.40. The van der Waals surface area contributed by atoms with E-state index in [1.807, 2.05) is 13.0 Å². The second kappa shape index (κ2) is 5.16. The molecule has 0 aromatic carbocycles. The van der Waals surface area contributed by atoms with Gasteiger partial charge in [-0.1, -0.05) is 0 Å². The largest absolute Gasteiger partial charge is 0.347 e. The molecule has 0 bridgehead atoms. The predicted octanol–water partition coefficient (Wildman–Crippen LogP) is 1.11. The van der Waals surface area contributed by atoms with Crippen LogP contribution in [0.15, 0.2) is 37.1 Å². The number of amides is 1. The normalized spacial score (nSPS) is 9.94. The van der Waals surface area contributed by atoms with Crippen LogP contribution in [0.1, 0.15) is 21.6 Å². The van der Waals surface area contributed by atoms with E-state index in [0.29, 0.717) is 12.2 Å². The van der Waals surface area contributed by atoms with Gasteiger partial charge < -0.3 is 5.32 Å². The molecule has 0 spiro atoms. The molecule has 0 aliphatic rings. The van der Waals surface area contributed by atoms with E-state index in [4.69, 9.17) is 0 Å². The minimum atomic E-state index is -0.235. The summed E-state index contributed by atoms with van der Waals surface area (Å²) in [5.74, 6) is -0.235. The van der Waals surface area contributed by atoms with Crippen LogP contribution in [0.3, 0.4) is 0 Å². The van der Waals surface area contributed by atoms with Crippen LogP contribution < -0.4 is 5.32 Å². The van der Waals surface area contributed by atoms with Crippen LogP contribution in [0.2, 0.25) is 0 Å². The van der Waals surface area contributed by atoms with Gasteiger partial charge in [-0.15, -0.1) is 0 Å². The Kier molecular flexibility index (Phi) is 3.40. The number of hydrogen-bond donors (Lipinski definition) is 1. The van der Waals surface area contributed by atoms with Crippen LogP contribution in [-0.2, 0) is 6.54 Å². The van der Waals surface area contributed by atoms with E-state index in [1.165, 1.54) is 18.6 Å². The van der Waals surface area contributed by atoms with Crippen molar-refractivity contribution in [2.45, 2.75) is 13.5 Å². The molecule has 2 aromatic heterocycles. The van der Waals surface area contributed by atoms with Crippen molar-refractivity contribution < 1.29 is 4.79 Å². The van der Waals surface area contributed by atoms with Crippen LogP contribution in [0, 0.1) is 6.92 Å². The summed E-state index contributed by atoms with van der Waals surface area (Å²) < 4.78 is 0. The number of aromatic nitrogens is 3. The van der Waals surface area contributed by atoms with Gasteiger partial charge in [-0.05, 0) is 24.1 Å². The van der Waals surface area contributed by atoms with Gasteiger partial charge in [0.2, 0.25) is 0 Å². The highest BCUT2D eigenvalue weighted by Crippen LogP contribution is 2.04. The van der Waals surface area contributed by atoms with Crippen LogP contribution >= 0.6 is 0 Å². The number of carbonyl (C=O) groups is 1. The zero-order valence-electron chi connectivity index (χ0n) is 9.42. The lowest BCUT2D eigenvalue weighted by Gasteiger charge is -2.06. The third-order valence-electron chi connectivity index (χ3n) is 2.38. The molecule has 2 rings (SSSR count). The fourth-order valence-corrected chi connectivity index (χ4v) is 1.36. The van der Waals surface area contributed by atoms with Gasteiger partial charge in [0.1, 0.15) is 5.69 Å². The number of aryl methyl sites for hydroxylation is 1. The number of rotatable bonds is 3. The van der Waals surface area contributed by atoms with E-state index < -0.39 is 0 Å². The second-order valence-electron chi connectivity index (χ2n) is 3.58. The third-order valence-corrected chi connectivity index (χ3v) is 2.38. The maximum Gasteiger partial charge on any atom is 0.271 e. The zero-order valence-corrected chi connectivity index (χ0v) is 9.42. The molecule has 1 N–H and O–H groups in total. The topological polar surface area (TPSA) is 67.8 Å². The SMILES string of the molecule is Cc1ccncc1CNC(=O)c1cnccn1. The average molecular weight is 228 g/mol. The molecule has 0 radical (unpaired) electrons. The first kappa shape index (κ1) is 11.2. The van der Waals surface area contributed by atoms with Gasteiger partial charge in [0, 0.05) is 31.3 Å². The van der Waals surface area contributed by atoms with Crippen LogP contribution in [0.25, 0.3) is 0 Å². The highest BCUT2D eigenvalue weighted by Gasteiger charge is 2.06. The van der Waals surface area contributed by atoms with E-state index in [1.54, 1.807) is 12.4 Å². The summed E-state index contributed by atoms with van der Waals surface area (Å²) in [6.45, 7) is 2.42. The van der Waals surface area contributed by atoms with Crippen molar-refractivity contribution in [1.82, 2.24) is 20.3 Å². The molecule has 1 amide bonds. The van der Waals surface area contributed by atoms with E-state index in [2.05, 4.69) is 20.3 Å². The number of pyridine rings is 1. The number of hydrogen-bond acceptors (Lipinski definition) is 4. The standard InChI is InChI=1S/C12H12N4O/c1-9-2-3-13-6-10(9)7-16-12(17)11-8-14-4-5-15-11/h2-6,8H,7H2,1H3,(H,16,17). The molecule has 0 aliphatic carbocycles. The van der Waals surface area contributed by atoms with Crippen molar-refractivity contribution in [3.63, 3.8) is 0 Å². The maximum absolute atomic E-state index is 11.7. The van der Waals surface area contributed by atoms with Crippen LogP contribution in [0.4, 0.5) is 0 Å². The zero-order chi connectivity index (χ0) is 12.1. The van der Waals surface area contributed by atoms with Crippen LogP contribution in [0.5, 0.6) is 0 Å². The van der Waals surface area contributed by atoms with Gasteiger partial charge in [0.05, 0.1) is 6.20 Å². The summed E-state index contributed by atoms with van der Waals surface area (Å²) in [6.07, 6.45) is 7.92. The van der Waals surface area contributed by atoms with Crippen molar-refractivity contribution in [2.24, 2.45) is 0 Å². The van der Waals surface area contributed by atoms with E-state index in [-0.39, 0.29) is 5.91 Å². The first-order chi connectivity index (χ1) is 8.27. The molecular formula is C12H12N4O. The summed E-state index contributed by atoms with van der Waals surface area (Å²) in [4.78, 5) is 23.5. The molecule has 0 aliphatic heterocycles. The highest BCUT2D eigenvalue weighted by molar-refractivity contribution is 5.91. The molecule has 0 unspecified atom stereocenters. The Bertz CT molecular complexity index is 513. The van der Waals surface area contributed by atoms with Gasteiger partial charge >= 0.3 is 0 Å². The minimum Gasteiger partial charge on any atom is -0.347 e. The summed E-state index contributed by atoms with van der Waals surface area (Å²) in [7, 11) is 0. The van der Waals surface area contributed by atoms with Gasteiger partial charge in [-0.2, -0.15) is 0 Å². The Hall–Kier alpha value is -2.30. The molecule has 0 fully saturated rings. The van der Waals surface area contributed by atoms with Gasteiger partial charge in [-0.3, -0.25) is 14.8 Å². The molecule has 0 atom stereocenters. The smallest absolute Gasteiger partial charge is 0.271 e. The Morgan fingerprint density at radius 1 is 1.24 bits per heavy atom. The lowest BCUT2D eigenvalue weighted by molar-refractivity contribution is 0.0945. The summed E-state index contributed by atoms with van der Waals surface area (Å²) >= 11 is 0. The van der Waals surface area contributed by atoms with Crippen molar-refractivity contribution in [3.8, 4) is 0 Å². The van der Waals surface area contributed by atoms with Crippen molar-refractivity contribution >= 4 is 5.91 Å². The van der Waals surface area contributed by atoms with Crippen molar-refractivity contribution in [1.29, 1.82) is 0 Å².